The Morgan fingerprint density at radius 2 is 2.30 bits per heavy atom. The van der Waals surface area contributed by atoms with Crippen LogP contribution < -0.4 is 5.32 Å². The van der Waals surface area contributed by atoms with Gasteiger partial charge < -0.3 is 15.0 Å². The first kappa shape index (κ1) is 16.5. The number of nitrogens with zero attached hydrogens (tertiary/aromatic N) is 1. The summed E-state index contributed by atoms with van der Waals surface area (Å²) < 4.78 is 5.18. The van der Waals surface area contributed by atoms with E-state index in [2.05, 4.69) is 12.2 Å². The minimum Gasteiger partial charge on any atom is -0.465 e. The van der Waals surface area contributed by atoms with Crippen LogP contribution in [0.15, 0.2) is 12.3 Å². The smallest absolute Gasteiger partial charge is 0.311 e. The second-order valence-electron chi connectivity index (χ2n) is 5.07. The molecule has 0 spiro atoms. The first-order valence-corrected chi connectivity index (χ1v) is 7.48. The van der Waals surface area contributed by atoms with E-state index >= 15 is 0 Å². The zero-order valence-electron chi connectivity index (χ0n) is 12.6. The molecule has 0 saturated carbocycles. The lowest BCUT2D eigenvalue weighted by Gasteiger charge is -2.16. The van der Waals surface area contributed by atoms with Crippen molar-refractivity contribution in [1.29, 1.82) is 0 Å². The van der Waals surface area contributed by atoms with Crippen LogP contribution in [-0.2, 0) is 14.3 Å². The molecule has 20 heavy (non-hydrogen) atoms. The highest BCUT2D eigenvalue weighted by molar-refractivity contribution is 5.86. The minimum atomic E-state index is -0.275. The number of likely N-dealkylation sites (tertiary alicyclic amines) is 1. The molecule has 1 aliphatic rings. The third-order valence-electron chi connectivity index (χ3n) is 3.32. The number of carbonyl (C=O) groups excluding carboxylic acids is 2. The Morgan fingerprint density at radius 3 is 3.00 bits per heavy atom. The second kappa shape index (κ2) is 9.39. The average molecular weight is 282 g/mol. The number of rotatable bonds is 9. The number of allylic oxidation sites excluding steroid dienone is 1. The standard InChI is InChI=1S/C15H26N2O3/c1-3-5-10-20-15(19)13-11-14(18)17(12-13)9-6-8-16-7-4-2/h4,7,13,16H,3,5-6,8-12H2,1-2H3/b7-4-. The number of esters is 1. The summed E-state index contributed by atoms with van der Waals surface area (Å²) in [4.78, 5) is 25.4. The van der Waals surface area contributed by atoms with Crippen LogP contribution in [0.4, 0.5) is 0 Å². The summed E-state index contributed by atoms with van der Waals surface area (Å²) in [6, 6.07) is 0. The van der Waals surface area contributed by atoms with Gasteiger partial charge in [0.15, 0.2) is 0 Å². The summed E-state index contributed by atoms with van der Waals surface area (Å²) in [5.41, 5.74) is 0. The summed E-state index contributed by atoms with van der Waals surface area (Å²) in [7, 11) is 0. The molecular weight excluding hydrogens is 256 g/mol. The van der Waals surface area contributed by atoms with E-state index in [1.807, 2.05) is 19.2 Å². The highest BCUT2D eigenvalue weighted by Gasteiger charge is 2.34. The molecule has 0 aromatic rings. The van der Waals surface area contributed by atoms with Gasteiger partial charge in [0.1, 0.15) is 0 Å². The number of unbranched alkanes of at least 4 members (excludes halogenated alkanes) is 1. The molecule has 1 heterocycles. The molecule has 1 atom stereocenters. The van der Waals surface area contributed by atoms with Gasteiger partial charge >= 0.3 is 5.97 Å². The van der Waals surface area contributed by atoms with E-state index < -0.39 is 0 Å². The van der Waals surface area contributed by atoms with E-state index in [0.29, 0.717) is 26.1 Å². The number of hydrogen-bond acceptors (Lipinski definition) is 4. The summed E-state index contributed by atoms with van der Waals surface area (Å²) in [6.07, 6.45) is 6.89. The SMILES string of the molecule is C/C=C\NCCCN1CC(C(=O)OCCCC)CC1=O. The van der Waals surface area contributed by atoms with Crippen molar-refractivity contribution in [2.24, 2.45) is 5.92 Å². The average Bonchev–Trinajstić information content (AvgIpc) is 2.80. The van der Waals surface area contributed by atoms with E-state index in [1.54, 1.807) is 4.90 Å². The van der Waals surface area contributed by atoms with Gasteiger partial charge in [-0.15, -0.1) is 0 Å². The topological polar surface area (TPSA) is 58.6 Å². The maximum atomic E-state index is 11.8. The molecule has 5 heteroatoms. The van der Waals surface area contributed by atoms with E-state index in [-0.39, 0.29) is 17.8 Å². The fourth-order valence-electron chi connectivity index (χ4n) is 2.15. The third kappa shape index (κ3) is 5.63. The lowest BCUT2D eigenvalue weighted by atomic mass is 10.1. The number of hydrogen-bond donors (Lipinski definition) is 1. The van der Waals surface area contributed by atoms with Crippen LogP contribution in [0.3, 0.4) is 0 Å². The van der Waals surface area contributed by atoms with Crippen LogP contribution in [-0.4, -0.2) is 43.0 Å². The number of ether oxygens (including phenoxy) is 1. The number of carbonyl (C=O) groups is 2. The van der Waals surface area contributed by atoms with Gasteiger partial charge in [0.25, 0.3) is 0 Å². The first-order valence-electron chi connectivity index (χ1n) is 7.48. The molecular formula is C15H26N2O3. The van der Waals surface area contributed by atoms with Crippen molar-refractivity contribution in [2.45, 2.75) is 39.5 Å². The normalized spacial score (nSPS) is 18.8. The van der Waals surface area contributed by atoms with Gasteiger partial charge in [0, 0.05) is 26.1 Å². The second-order valence-corrected chi connectivity index (χ2v) is 5.07. The summed E-state index contributed by atoms with van der Waals surface area (Å²) in [5.74, 6) is -0.433. The summed E-state index contributed by atoms with van der Waals surface area (Å²) in [5, 5.41) is 3.13. The molecule has 1 aliphatic heterocycles. The van der Waals surface area contributed by atoms with Crippen LogP contribution >= 0.6 is 0 Å². The minimum absolute atomic E-state index is 0.0634. The Kier molecular flexibility index (Phi) is 7.77. The molecule has 5 nitrogen and oxygen atoms in total. The van der Waals surface area contributed by atoms with Gasteiger partial charge in [-0.1, -0.05) is 19.4 Å². The fourth-order valence-corrected chi connectivity index (χ4v) is 2.15. The fraction of sp³-hybridized carbons (Fsp3) is 0.733. The molecule has 0 aromatic heterocycles. The van der Waals surface area contributed by atoms with E-state index in [4.69, 9.17) is 4.74 Å². The van der Waals surface area contributed by atoms with Gasteiger partial charge in [-0.3, -0.25) is 9.59 Å². The van der Waals surface area contributed by atoms with E-state index in [1.165, 1.54) is 0 Å². The van der Waals surface area contributed by atoms with Gasteiger partial charge in [-0.25, -0.2) is 0 Å². The molecule has 114 valence electrons. The summed E-state index contributed by atoms with van der Waals surface area (Å²) in [6.45, 7) is 6.50. The third-order valence-corrected chi connectivity index (χ3v) is 3.32. The molecule has 1 unspecified atom stereocenters. The Bertz CT molecular complexity index is 342. The zero-order chi connectivity index (χ0) is 14.8. The highest BCUT2D eigenvalue weighted by Crippen LogP contribution is 2.19. The number of amides is 1. The predicted molar refractivity (Wildman–Crippen MR) is 78.0 cm³/mol. The Balaban J connectivity index is 2.24. The van der Waals surface area contributed by atoms with Gasteiger partial charge in [0.2, 0.25) is 5.91 Å². The van der Waals surface area contributed by atoms with Crippen LogP contribution in [0.2, 0.25) is 0 Å². The Morgan fingerprint density at radius 1 is 1.50 bits per heavy atom. The zero-order valence-corrected chi connectivity index (χ0v) is 12.6. The van der Waals surface area contributed by atoms with Crippen molar-refractivity contribution in [1.82, 2.24) is 10.2 Å². The molecule has 1 N–H and O–H groups in total. The largest absolute Gasteiger partial charge is 0.465 e. The maximum absolute atomic E-state index is 11.8. The number of nitrogens with one attached hydrogen (secondary N) is 1. The highest BCUT2D eigenvalue weighted by atomic mass is 16.5. The predicted octanol–water partition coefficient (Wildman–Crippen LogP) is 1.69. The van der Waals surface area contributed by atoms with Crippen LogP contribution in [0.1, 0.15) is 39.5 Å². The lowest BCUT2D eigenvalue weighted by molar-refractivity contribution is -0.148. The first-order chi connectivity index (χ1) is 9.69. The van der Waals surface area contributed by atoms with Crippen molar-refractivity contribution in [3.05, 3.63) is 12.3 Å². The van der Waals surface area contributed by atoms with Crippen molar-refractivity contribution in [2.75, 3.05) is 26.2 Å². The molecule has 1 fully saturated rings. The van der Waals surface area contributed by atoms with Crippen LogP contribution in [0.5, 0.6) is 0 Å². The van der Waals surface area contributed by atoms with Gasteiger partial charge in [0.05, 0.1) is 12.5 Å². The monoisotopic (exact) mass is 282 g/mol. The van der Waals surface area contributed by atoms with E-state index in [0.717, 1.165) is 25.8 Å². The molecule has 0 aliphatic carbocycles. The molecule has 0 bridgehead atoms. The van der Waals surface area contributed by atoms with Crippen LogP contribution in [0.25, 0.3) is 0 Å². The van der Waals surface area contributed by atoms with E-state index in [9.17, 15) is 9.59 Å². The lowest BCUT2D eigenvalue weighted by Crippen LogP contribution is -2.29. The van der Waals surface area contributed by atoms with Crippen LogP contribution in [0, 0.1) is 5.92 Å². The molecule has 0 aromatic carbocycles. The molecule has 0 radical (unpaired) electrons. The Hall–Kier alpha value is -1.52. The van der Waals surface area contributed by atoms with Crippen molar-refractivity contribution >= 4 is 11.9 Å². The quantitative estimate of drug-likeness (QED) is 0.516. The van der Waals surface area contributed by atoms with Crippen molar-refractivity contribution in [3.8, 4) is 0 Å². The molecule has 1 rings (SSSR count). The molecule has 1 saturated heterocycles. The Labute approximate surface area is 121 Å². The van der Waals surface area contributed by atoms with Gasteiger partial charge in [-0.05, 0) is 26.0 Å². The van der Waals surface area contributed by atoms with Crippen molar-refractivity contribution in [3.63, 3.8) is 0 Å². The molecule has 1 amide bonds. The van der Waals surface area contributed by atoms with Gasteiger partial charge in [-0.2, -0.15) is 0 Å². The summed E-state index contributed by atoms with van der Waals surface area (Å²) >= 11 is 0. The van der Waals surface area contributed by atoms with Crippen molar-refractivity contribution < 1.29 is 14.3 Å². The maximum Gasteiger partial charge on any atom is 0.311 e.